The Bertz CT molecular complexity index is 366. The van der Waals surface area contributed by atoms with Gasteiger partial charge < -0.3 is 14.6 Å². The van der Waals surface area contributed by atoms with Crippen molar-refractivity contribution in [1.29, 1.82) is 0 Å². The molecule has 1 N–H and O–H groups in total. The van der Waals surface area contributed by atoms with Gasteiger partial charge in [-0.1, -0.05) is 0 Å². The molecule has 1 aromatic heterocycles. The molecule has 0 radical (unpaired) electrons. The zero-order valence-electron chi connectivity index (χ0n) is 10.4. The zero-order valence-corrected chi connectivity index (χ0v) is 10.4. The van der Waals surface area contributed by atoms with E-state index in [1.807, 2.05) is 12.4 Å². The van der Waals surface area contributed by atoms with Gasteiger partial charge >= 0.3 is 0 Å². The Morgan fingerprint density at radius 1 is 1.35 bits per heavy atom. The molecule has 1 aliphatic heterocycles. The lowest BCUT2D eigenvalue weighted by molar-refractivity contribution is 0.0734. The van der Waals surface area contributed by atoms with Crippen LogP contribution in [0.1, 0.15) is 37.5 Å². The number of ether oxygens (including phenoxy) is 1. The molecule has 2 heterocycles. The largest absolute Gasteiger partial charge is 0.381 e. The molecule has 1 atom stereocenters. The van der Waals surface area contributed by atoms with Gasteiger partial charge in [0.2, 0.25) is 0 Å². The number of nitrogens with zero attached hydrogens (tertiary/aromatic N) is 2. The molecule has 1 saturated carbocycles. The van der Waals surface area contributed by atoms with E-state index in [1.165, 1.54) is 18.7 Å². The lowest BCUT2D eigenvalue weighted by Crippen LogP contribution is -2.39. The van der Waals surface area contributed by atoms with Gasteiger partial charge in [0.15, 0.2) is 0 Å². The smallest absolute Gasteiger partial charge is 0.125 e. The van der Waals surface area contributed by atoms with E-state index in [9.17, 15) is 0 Å². The van der Waals surface area contributed by atoms with E-state index in [0.717, 1.165) is 32.0 Å². The van der Waals surface area contributed by atoms with Crippen LogP contribution in [0.4, 0.5) is 0 Å². The van der Waals surface area contributed by atoms with Gasteiger partial charge in [0, 0.05) is 38.7 Å². The third-order valence-corrected chi connectivity index (χ3v) is 3.87. The van der Waals surface area contributed by atoms with Crippen molar-refractivity contribution < 1.29 is 4.74 Å². The number of rotatable bonds is 4. The van der Waals surface area contributed by atoms with E-state index in [0.29, 0.717) is 12.1 Å². The first kappa shape index (κ1) is 11.2. The Morgan fingerprint density at radius 2 is 2.12 bits per heavy atom. The van der Waals surface area contributed by atoms with Gasteiger partial charge in [0.25, 0.3) is 0 Å². The Balaban J connectivity index is 1.69. The quantitative estimate of drug-likeness (QED) is 0.862. The summed E-state index contributed by atoms with van der Waals surface area (Å²) in [5, 5.41) is 3.80. The van der Waals surface area contributed by atoms with Crippen LogP contribution in [0, 0.1) is 5.92 Å². The summed E-state index contributed by atoms with van der Waals surface area (Å²) in [5.74, 6) is 1.98. The highest BCUT2D eigenvalue weighted by Crippen LogP contribution is 2.40. The fraction of sp³-hybridized carbons (Fsp3) is 0.769. The second-order valence-corrected chi connectivity index (χ2v) is 5.26. The summed E-state index contributed by atoms with van der Waals surface area (Å²) >= 11 is 0. The van der Waals surface area contributed by atoms with Gasteiger partial charge in [-0.15, -0.1) is 0 Å². The Hall–Kier alpha value is -0.870. The zero-order chi connectivity index (χ0) is 11.7. The van der Waals surface area contributed by atoms with Crippen LogP contribution >= 0.6 is 0 Å². The average molecular weight is 235 g/mol. The van der Waals surface area contributed by atoms with Crippen LogP contribution in [-0.2, 0) is 11.8 Å². The van der Waals surface area contributed by atoms with Crippen molar-refractivity contribution in [3.8, 4) is 0 Å². The van der Waals surface area contributed by atoms with Gasteiger partial charge in [-0.05, 0) is 31.6 Å². The van der Waals surface area contributed by atoms with Gasteiger partial charge in [-0.3, -0.25) is 0 Å². The van der Waals surface area contributed by atoms with Crippen LogP contribution in [0.5, 0.6) is 0 Å². The van der Waals surface area contributed by atoms with Crippen molar-refractivity contribution in [2.45, 2.75) is 37.8 Å². The van der Waals surface area contributed by atoms with Gasteiger partial charge in [-0.25, -0.2) is 4.98 Å². The van der Waals surface area contributed by atoms with Crippen LogP contribution in [0.2, 0.25) is 0 Å². The maximum absolute atomic E-state index is 5.41. The fourth-order valence-electron chi connectivity index (χ4n) is 2.65. The molecule has 1 aromatic rings. The minimum absolute atomic E-state index is 0.443. The summed E-state index contributed by atoms with van der Waals surface area (Å²) in [6.07, 6.45) is 8.88. The second-order valence-electron chi connectivity index (χ2n) is 5.26. The molecule has 2 aliphatic rings. The van der Waals surface area contributed by atoms with Gasteiger partial charge in [0.05, 0.1) is 6.04 Å². The van der Waals surface area contributed by atoms with Crippen LogP contribution in [0.15, 0.2) is 12.4 Å². The topological polar surface area (TPSA) is 39.1 Å². The molecule has 4 nitrogen and oxygen atoms in total. The highest BCUT2D eigenvalue weighted by atomic mass is 16.5. The molecule has 94 valence electrons. The summed E-state index contributed by atoms with van der Waals surface area (Å²) in [4.78, 5) is 4.51. The first-order chi connectivity index (χ1) is 8.34. The standard InChI is InChI=1S/C13H21N3O/c1-16-7-6-14-13(16)12(10-2-3-10)15-11-4-8-17-9-5-11/h6-7,10-12,15H,2-5,8-9H2,1H3/t12-/m0/s1. The highest BCUT2D eigenvalue weighted by molar-refractivity contribution is 5.05. The molecule has 3 rings (SSSR count). The lowest BCUT2D eigenvalue weighted by Gasteiger charge is -2.28. The number of aryl methyl sites for hydroxylation is 1. The summed E-state index contributed by atoms with van der Waals surface area (Å²) in [5.41, 5.74) is 0. The van der Waals surface area contributed by atoms with Crippen LogP contribution in [-0.4, -0.2) is 28.8 Å². The number of imidazole rings is 1. The summed E-state index contributed by atoms with van der Waals surface area (Å²) in [7, 11) is 2.09. The Labute approximate surface area is 102 Å². The van der Waals surface area contributed by atoms with E-state index < -0.39 is 0 Å². The molecule has 1 saturated heterocycles. The molecule has 0 bridgehead atoms. The summed E-state index contributed by atoms with van der Waals surface area (Å²) in [6.45, 7) is 1.80. The fourth-order valence-corrected chi connectivity index (χ4v) is 2.65. The van der Waals surface area contributed by atoms with E-state index in [2.05, 4.69) is 21.9 Å². The lowest BCUT2D eigenvalue weighted by atomic mass is 10.1. The van der Waals surface area contributed by atoms with Gasteiger partial charge in [-0.2, -0.15) is 0 Å². The SMILES string of the molecule is Cn1ccnc1[C@@H](NC1CCOCC1)C1CC1. The van der Waals surface area contributed by atoms with Gasteiger partial charge in [0.1, 0.15) is 5.82 Å². The molecular formula is C13H21N3O. The van der Waals surface area contributed by atoms with E-state index in [4.69, 9.17) is 4.74 Å². The Kier molecular flexibility index (Phi) is 3.16. The highest BCUT2D eigenvalue weighted by Gasteiger charge is 2.35. The van der Waals surface area contributed by atoms with Crippen LogP contribution in [0.3, 0.4) is 0 Å². The third-order valence-electron chi connectivity index (χ3n) is 3.87. The molecule has 1 aliphatic carbocycles. The molecule has 0 unspecified atom stereocenters. The predicted octanol–water partition coefficient (Wildman–Crippen LogP) is 1.64. The van der Waals surface area contributed by atoms with Crippen LogP contribution < -0.4 is 5.32 Å². The van der Waals surface area contributed by atoms with E-state index >= 15 is 0 Å². The van der Waals surface area contributed by atoms with Crippen LogP contribution in [0.25, 0.3) is 0 Å². The first-order valence-corrected chi connectivity index (χ1v) is 6.65. The second kappa shape index (κ2) is 4.78. The van der Waals surface area contributed by atoms with E-state index in [-0.39, 0.29) is 0 Å². The maximum Gasteiger partial charge on any atom is 0.125 e. The van der Waals surface area contributed by atoms with Crippen molar-refractivity contribution in [2.75, 3.05) is 13.2 Å². The summed E-state index contributed by atoms with van der Waals surface area (Å²) in [6, 6.07) is 1.05. The third kappa shape index (κ3) is 2.53. The number of hydrogen-bond donors (Lipinski definition) is 1. The minimum Gasteiger partial charge on any atom is -0.381 e. The molecular weight excluding hydrogens is 214 g/mol. The van der Waals surface area contributed by atoms with E-state index in [1.54, 1.807) is 0 Å². The first-order valence-electron chi connectivity index (χ1n) is 6.65. The predicted molar refractivity (Wildman–Crippen MR) is 65.6 cm³/mol. The normalized spacial score (nSPS) is 23.8. The average Bonchev–Trinajstić information content (AvgIpc) is 3.11. The van der Waals surface area contributed by atoms with Crippen molar-refractivity contribution in [1.82, 2.24) is 14.9 Å². The molecule has 0 aromatic carbocycles. The molecule has 2 fully saturated rings. The van der Waals surface area contributed by atoms with Crippen molar-refractivity contribution >= 4 is 0 Å². The van der Waals surface area contributed by atoms with Crippen molar-refractivity contribution in [2.24, 2.45) is 13.0 Å². The maximum atomic E-state index is 5.41. The number of hydrogen-bond acceptors (Lipinski definition) is 3. The summed E-state index contributed by atoms with van der Waals surface area (Å²) < 4.78 is 7.56. The molecule has 0 spiro atoms. The number of nitrogens with one attached hydrogen (secondary N) is 1. The van der Waals surface area contributed by atoms with Crippen molar-refractivity contribution in [3.63, 3.8) is 0 Å². The molecule has 4 heteroatoms. The van der Waals surface area contributed by atoms with Crippen molar-refractivity contribution in [3.05, 3.63) is 18.2 Å². The monoisotopic (exact) mass is 235 g/mol. The Morgan fingerprint density at radius 3 is 2.71 bits per heavy atom. The number of aromatic nitrogens is 2. The molecule has 17 heavy (non-hydrogen) atoms. The minimum atomic E-state index is 0.443. The molecule has 0 amide bonds.